The number of piperidine rings is 1. The largest absolute Gasteiger partial charge is 0.490 e. The first-order chi connectivity index (χ1) is 13.1. The Labute approximate surface area is 159 Å². The Hall–Kier alpha value is -2.34. The van der Waals surface area contributed by atoms with Gasteiger partial charge in [0.05, 0.1) is 12.0 Å². The third-order valence-corrected chi connectivity index (χ3v) is 6.62. The molecule has 1 aliphatic heterocycles. The minimum absolute atomic E-state index is 0.0642. The van der Waals surface area contributed by atoms with Crippen LogP contribution in [-0.4, -0.2) is 29.7 Å². The number of ether oxygens (including phenoxy) is 1. The molecule has 6 nitrogen and oxygen atoms in total. The molecule has 1 aromatic carbocycles. The zero-order chi connectivity index (χ0) is 19.0. The van der Waals surface area contributed by atoms with Crippen molar-refractivity contribution in [2.24, 2.45) is 5.41 Å². The lowest BCUT2D eigenvalue weighted by atomic mass is 9.50. The number of aryl methyl sites for hydroxylation is 1. The molecule has 2 aromatic rings. The Balaban J connectivity index is 1.82. The summed E-state index contributed by atoms with van der Waals surface area (Å²) < 4.78 is 7.72. The van der Waals surface area contributed by atoms with Crippen LogP contribution in [0.5, 0.6) is 5.75 Å². The third-order valence-electron chi connectivity index (χ3n) is 6.62. The van der Waals surface area contributed by atoms with E-state index in [-0.39, 0.29) is 16.0 Å². The number of nitro benzene ring substituents is 1. The van der Waals surface area contributed by atoms with Gasteiger partial charge in [-0.3, -0.25) is 10.1 Å². The van der Waals surface area contributed by atoms with Crippen LogP contribution in [0.15, 0.2) is 36.7 Å². The van der Waals surface area contributed by atoms with E-state index in [1.807, 2.05) is 6.07 Å². The molecule has 0 bridgehead atoms. The number of aromatic nitrogens is 1. The van der Waals surface area contributed by atoms with Crippen molar-refractivity contribution < 1.29 is 9.66 Å². The first kappa shape index (κ1) is 18.0. The van der Waals surface area contributed by atoms with Crippen molar-refractivity contribution in [2.75, 3.05) is 20.2 Å². The second kappa shape index (κ2) is 7.00. The van der Waals surface area contributed by atoms with Crippen molar-refractivity contribution in [3.63, 3.8) is 0 Å². The molecule has 6 heteroatoms. The number of methoxy groups -OCH3 is 1. The van der Waals surface area contributed by atoms with E-state index in [0.29, 0.717) is 17.7 Å². The van der Waals surface area contributed by atoms with Crippen LogP contribution in [0.4, 0.5) is 5.69 Å². The summed E-state index contributed by atoms with van der Waals surface area (Å²) in [5.41, 5.74) is 2.63. The van der Waals surface area contributed by atoms with Crippen molar-refractivity contribution in [1.29, 1.82) is 0 Å². The topological polar surface area (TPSA) is 69.3 Å². The lowest BCUT2D eigenvalue weighted by molar-refractivity contribution is -0.385. The van der Waals surface area contributed by atoms with E-state index in [1.54, 1.807) is 6.07 Å². The highest BCUT2D eigenvalue weighted by Gasteiger charge is 2.55. The van der Waals surface area contributed by atoms with Gasteiger partial charge in [-0.15, -0.1) is 0 Å². The van der Waals surface area contributed by atoms with Crippen molar-refractivity contribution in [3.8, 4) is 5.75 Å². The molecular weight excluding hydrogens is 342 g/mol. The van der Waals surface area contributed by atoms with Crippen LogP contribution in [0.3, 0.4) is 0 Å². The van der Waals surface area contributed by atoms with Crippen molar-refractivity contribution in [1.82, 2.24) is 9.88 Å². The summed E-state index contributed by atoms with van der Waals surface area (Å²) >= 11 is 0. The first-order valence-corrected chi connectivity index (χ1v) is 9.78. The van der Waals surface area contributed by atoms with E-state index in [1.165, 1.54) is 12.7 Å². The van der Waals surface area contributed by atoms with Crippen LogP contribution >= 0.6 is 0 Å². The van der Waals surface area contributed by atoms with E-state index in [2.05, 4.69) is 41.3 Å². The van der Waals surface area contributed by atoms with E-state index in [0.717, 1.165) is 44.3 Å². The zero-order valence-corrected chi connectivity index (χ0v) is 16.0. The lowest BCUT2D eigenvalue weighted by Gasteiger charge is -2.58. The Morgan fingerprint density at radius 2 is 2.00 bits per heavy atom. The van der Waals surface area contributed by atoms with Crippen LogP contribution in [0, 0.1) is 15.5 Å². The number of hydrogen-bond donors (Lipinski definition) is 1. The summed E-state index contributed by atoms with van der Waals surface area (Å²) in [6, 6.07) is 8.22. The van der Waals surface area contributed by atoms with Crippen molar-refractivity contribution >= 4 is 5.69 Å². The molecule has 4 rings (SSSR count). The minimum Gasteiger partial charge on any atom is -0.490 e. The van der Waals surface area contributed by atoms with Gasteiger partial charge in [0, 0.05) is 30.4 Å². The second-order valence-corrected chi connectivity index (χ2v) is 7.83. The monoisotopic (exact) mass is 369 g/mol. The molecule has 1 aromatic heterocycles. The molecule has 2 unspecified atom stereocenters. The molecule has 2 fully saturated rings. The average molecular weight is 369 g/mol. The van der Waals surface area contributed by atoms with Crippen LogP contribution in [0.2, 0.25) is 0 Å². The second-order valence-electron chi connectivity index (χ2n) is 7.83. The number of benzene rings is 1. The molecule has 1 aliphatic carbocycles. The van der Waals surface area contributed by atoms with Crippen LogP contribution in [0.1, 0.15) is 49.3 Å². The fourth-order valence-corrected chi connectivity index (χ4v) is 5.26. The van der Waals surface area contributed by atoms with Crippen LogP contribution in [-0.2, 0) is 6.42 Å². The molecule has 2 heterocycles. The van der Waals surface area contributed by atoms with E-state index in [4.69, 9.17) is 4.74 Å². The summed E-state index contributed by atoms with van der Waals surface area (Å²) in [6.45, 7) is 4.16. The number of nitro groups is 1. The van der Waals surface area contributed by atoms with Crippen molar-refractivity contribution in [2.45, 2.75) is 44.6 Å². The van der Waals surface area contributed by atoms with Gasteiger partial charge in [0.1, 0.15) is 0 Å². The minimum atomic E-state index is -0.341. The van der Waals surface area contributed by atoms with Gasteiger partial charge in [-0.1, -0.05) is 6.92 Å². The van der Waals surface area contributed by atoms with Crippen LogP contribution < -0.4 is 10.1 Å². The predicted octanol–water partition coefficient (Wildman–Crippen LogP) is 4.07. The maximum atomic E-state index is 11.5. The third kappa shape index (κ3) is 2.92. The highest BCUT2D eigenvalue weighted by molar-refractivity contribution is 5.54. The number of nitrogens with one attached hydrogen (secondary N) is 1. The number of nitrogens with zero attached hydrogens (tertiary/aromatic N) is 2. The molecule has 1 N–H and O–H groups in total. The van der Waals surface area contributed by atoms with Gasteiger partial charge < -0.3 is 14.6 Å². The molecule has 0 radical (unpaired) electrons. The van der Waals surface area contributed by atoms with Gasteiger partial charge in [-0.05, 0) is 73.5 Å². The molecule has 2 atom stereocenters. The fraction of sp³-hybridized carbons (Fsp3) is 0.524. The van der Waals surface area contributed by atoms with Crippen LogP contribution in [0.25, 0.3) is 0 Å². The Bertz CT molecular complexity index is 825. The summed E-state index contributed by atoms with van der Waals surface area (Å²) in [5.74, 6) is 0.728. The Morgan fingerprint density at radius 3 is 2.59 bits per heavy atom. The van der Waals surface area contributed by atoms with E-state index < -0.39 is 0 Å². The quantitative estimate of drug-likeness (QED) is 0.637. The zero-order valence-electron chi connectivity index (χ0n) is 16.0. The van der Waals surface area contributed by atoms with Gasteiger partial charge in [0.2, 0.25) is 0 Å². The maximum absolute atomic E-state index is 11.5. The highest BCUT2D eigenvalue weighted by Crippen LogP contribution is 2.64. The molecule has 2 aliphatic rings. The average Bonchev–Trinajstić information content (AvgIpc) is 3.20. The van der Waals surface area contributed by atoms with Crippen molar-refractivity contribution in [3.05, 3.63) is 57.9 Å². The first-order valence-electron chi connectivity index (χ1n) is 9.78. The summed E-state index contributed by atoms with van der Waals surface area (Å²) in [4.78, 5) is 11.1. The Kier molecular flexibility index (Phi) is 4.68. The molecule has 1 spiro atoms. The number of hydrogen-bond acceptors (Lipinski definition) is 4. The van der Waals surface area contributed by atoms with E-state index in [9.17, 15) is 10.1 Å². The molecule has 27 heavy (non-hydrogen) atoms. The molecule has 144 valence electrons. The smallest absolute Gasteiger partial charge is 0.311 e. The normalized spacial score (nSPS) is 23.8. The van der Waals surface area contributed by atoms with Gasteiger partial charge >= 0.3 is 5.69 Å². The highest BCUT2D eigenvalue weighted by atomic mass is 16.6. The molecule has 1 saturated heterocycles. The van der Waals surface area contributed by atoms with Gasteiger partial charge in [0.15, 0.2) is 5.75 Å². The number of rotatable bonds is 5. The SMILES string of the molecule is CCc1cc([N+](=O)[O-])c(OC)cc1C1C(n2cccc2)CC12CCNCC2. The predicted molar refractivity (Wildman–Crippen MR) is 104 cm³/mol. The fourth-order valence-electron chi connectivity index (χ4n) is 5.26. The standard InChI is InChI=1S/C21H27N3O3/c1-3-15-12-17(24(25)26)19(27-2)13-16(15)20-18(23-10-4-5-11-23)14-21(20)6-8-22-9-7-21/h4-5,10-13,18,20,22H,3,6-9,14H2,1-2H3. The molecule has 1 saturated carbocycles. The summed E-state index contributed by atoms with van der Waals surface area (Å²) in [7, 11) is 1.52. The van der Waals surface area contributed by atoms with Gasteiger partial charge in [-0.25, -0.2) is 0 Å². The molecule has 0 amide bonds. The summed E-state index contributed by atoms with van der Waals surface area (Å²) in [5, 5.41) is 15.0. The van der Waals surface area contributed by atoms with Gasteiger partial charge in [-0.2, -0.15) is 0 Å². The summed E-state index contributed by atoms with van der Waals surface area (Å²) in [6.07, 6.45) is 8.52. The maximum Gasteiger partial charge on any atom is 0.311 e. The van der Waals surface area contributed by atoms with Gasteiger partial charge in [0.25, 0.3) is 0 Å². The lowest BCUT2D eigenvalue weighted by Crippen LogP contribution is -2.52. The Morgan fingerprint density at radius 1 is 1.30 bits per heavy atom. The van der Waals surface area contributed by atoms with E-state index >= 15 is 0 Å². The molecular formula is C21H27N3O3.